The van der Waals surface area contributed by atoms with Crippen molar-refractivity contribution in [3.8, 4) is 11.5 Å². The number of carboxylic acids is 1. The molecule has 1 aromatic rings. The molecule has 0 aliphatic rings. The Labute approximate surface area is 114 Å². The fourth-order valence-corrected chi connectivity index (χ4v) is 1.90. The molecule has 1 aromatic carbocycles. The fraction of sp³-hybridized carbons (Fsp3) is 0.533. The molecule has 4 heteroatoms. The topological polar surface area (TPSA) is 55.8 Å². The van der Waals surface area contributed by atoms with Gasteiger partial charge in [-0.15, -0.1) is 0 Å². The maximum atomic E-state index is 10.7. The summed E-state index contributed by atoms with van der Waals surface area (Å²) in [5.74, 6) is 0.453. The molecule has 0 radical (unpaired) electrons. The predicted molar refractivity (Wildman–Crippen MR) is 74.2 cm³/mol. The lowest BCUT2D eigenvalue weighted by Crippen LogP contribution is -2.13. The van der Waals surface area contributed by atoms with E-state index >= 15 is 0 Å². The second kappa shape index (κ2) is 5.95. The average Bonchev–Trinajstić information content (AvgIpc) is 2.33. The third-order valence-electron chi connectivity index (χ3n) is 3.03. The fourth-order valence-electron chi connectivity index (χ4n) is 1.90. The van der Waals surface area contributed by atoms with Gasteiger partial charge < -0.3 is 14.6 Å². The van der Waals surface area contributed by atoms with Gasteiger partial charge in [0.25, 0.3) is 0 Å². The van der Waals surface area contributed by atoms with E-state index in [1.54, 1.807) is 14.2 Å². The maximum absolute atomic E-state index is 10.7. The summed E-state index contributed by atoms with van der Waals surface area (Å²) in [6.07, 6.45) is 0.506. The van der Waals surface area contributed by atoms with E-state index in [2.05, 4.69) is 20.8 Å². The van der Waals surface area contributed by atoms with E-state index in [4.69, 9.17) is 14.6 Å². The summed E-state index contributed by atoms with van der Waals surface area (Å²) in [7, 11) is 3.16. The van der Waals surface area contributed by atoms with Crippen molar-refractivity contribution in [2.45, 2.75) is 39.0 Å². The first-order valence-electron chi connectivity index (χ1n) is 6.26. The predicted octanol–water partition coefficient (Wildman–Crippen LogP) is 3.02. The number of hydrogen-bond acceptors (Lipinski definition) is 3. The van der Waals surface area contributed by atoms with Crippen molar-refractivity contribution in [1.82, 2.24) is 0 Å². The number of carboxylic acid groups (broad SMARTS) is 1. The molecule has 0 saturated carbocycles. The number of rotatable bonds is 5. The van der Waals surface area contributed by atoms with Gasteiger partial charge in [-0.1, -0.05) is 26.8 Å². The molecule has 0 aromatic heterocycles. The molecule has 0 saturated heterocycles. The molecule has 0 bridgehead atoms. The molecule has 0 fully saturated rings. The van der Waals surface area contributed by atoms with Crippen LogP contribution >= 0.6 is 0 Å². The zero-order chi connectivity index (χ0) is 14.6. The SMILES string of the molecule is COc1cc(C(C)(C)C)cc(CCC(=O)O)c1OC. The summed E-state index contributed by atoms with van der Waals surface area (Å²) in [5.41, 5.74) is 1.94. The Morgan fingerprint density at radius 1 is 1.21 bits per heavy atom. The minimum absolute atomic E-state index is 0.0302. The molecule has 0 heterocycles. The largest absolute Gasteiger partial charge is 0.493 e. The molecule has 19 heavy (non-hydrogen) atoms. The summed E-state index contributed by atoms with van der Waals surface area (Å²) < 4.78 is 10.7. The first-order chi connectivity index (χ1) is 8.79. The molecule has 1 rings (SSSR count). The van der Waals surface area contributed by atoms with Gasteiger partial charge in [0.15, 0.2) is 11.5 Å². The Hall–Kier alpha value is -1.71. The standard InChI is InChI=1S/C15H22O4/c1-15(2,3)11-8-10(6-7-13(16)17)14(19-5)12(9-11)18-4/h8-9H,6-7H2,1-5H3,(H,16,17). The van der Waals surface area contributed by atoms with Gasteiger partial charge in [0.05, 0.1) is 14.2 Å². The highest BCUT2D eigenvalue weighted by molar-refractivity contribution is 5.67. The van der Waals surface area contributed by atoms with Crippen molar-refractivity contribution >= 4 is 5.97 Å². The Balaban J connectivity index is 3.27. The minimum Gasteiger partial charge on any atom is -0.493 e. The van der Waals surface area contributed by atoms with Crippen LogP contribution in [0.2, 0.25) is 0 Å². The molecular formula is C15H22O4. The van der Waals surface area contributed by atoms with Crippen LogP contribution < -0.4 is 9.47 Å². The molecule has 0 spiro atoms. The van der Waals surface area contributed by atoms with Gasteiger partial charge in [-0.3, -0.25) is 4.79 Å². The van der Waals surface area contributed by atoms with Gasteiger partial charge in [-0.2, -0.15) is 0 Å². The molecule has 0 aliphatic carbocycles. The summed E-state index contributed by atoms with van der Waals surface area (Å²) in [4.78, 5) is 10.7. The van der Waals surface area contributed by atoms with E-state index in [0.717, 1.165) is 11.1 Å². The number of benzene rings is 1. The van der Waals surface area contributed by atoms with Crippen molar-refractivity contribution in [2.75, 3.05) is 14.2 Å². The lowest BCUT2D eigenvalue weighted by atomic mass is 9.85. The summed E-state index contributed by atoms with van der Waals surface area (Å²) in [6.45, 7) is 6.32. The monoisotopic (exact) mass is 266 g/mol. The van der Waals surface area contributed by atoms with E-state index in [-0.39, 0.29) is 11.8 Å². The van der Waals surface area contributed by atoms with Crippen LogP contribution in [0.25, 0.3) is 0 Å². The zero-order valence-electron chi connectivity index (χ0n) is 12.2. The number of aliphatic carboxylic acids is 1. The lowest BCUT2D eigenvalue weighted by molar-refractivity contribution is -0.136. The van der Waals surface area contributed by atoms with Gasteiger partial charge in [0.1, 0.15) is 0 Å². The molecule has 0 aliphatic heterocycles. The second-order valence-electron chi connectivity index (χ2n) is 5.51. The van der Waals surface area contributed by atoms with Crippen molar-refractivity contribution < 1.29 is 19.4 Å². The first kappa shape index (κ1) is 15.3. The molecule has 0 amide bonds. The van der Waals surface area contributed by atoms with Crippen molar-refractivity contribution in [1.29, 1.82) is 0 Å². The minimum atomic E-state index is -0.817. The van der Waals surface area contributed by atoms with Crippen LogP contribution in [-0.2, 0) is 16.6 Å². The molecule has 0 atom stereocenters. The molecule has 1 N–H and O–H groups in total. The number of hydrogen-bond donors (Lipinski definition) is 1. The third-order valence-corrected chi connectivity index (χ3v) is 3.03. The van der Waals surface area contributed by atoms with Crippen LogP contribution in [-0.4, -0.2) is 25.3 Å². The van der Waals surface area contributed by atoms with Crippen LogP contribution in [0, 0.1) is 0 Å². The molecule has 0 unspecified atom stereocenters. The number of methoxy groups -OCH3 is 2. The van der Waals surface area contributed by atoms with Crippen molar-refractivity contribution in [3.63, 3.8) is 0 Å². The van der Waals surface area contributed by atoms with E-state index in [0.29, 0.717) is 17.9 Å². The van der Waals surface area contributed by atoms with Gasteiger partial charge in [-0.05, 0) is 29.0 Å². The summed E-state index contributed by atoms with van der Waals surface area (Å²) in [5, 5.41) is 8.82. The Kier molecular flexibility index (Phi) is 4.81. The highest BCUT2D eigenvalue weighted by Gasteiger charge is 2.20. The Bertz CT molecular complexity index is 458. The lowest BCUT2D eigenvalue weighted by Gasteiger charge is -2.23. The van der Waals surface area contributed by atoms with Crippen LogP contribution in [0.3, 0.4) is 0 Å². The molecular weight excluding hydrogens is 244 g/mol. The maximum Gasteiger partial charge on any atom is 0.303 e. The van der Waals surface area contributed by atoms with E-state index in [1.807, 2.05) is 12.1 Å². The van der Waals surface area contributed by atoms with Crippen LogP contribution in [0.4, 0.5) is 0 Å². The van der Waals surface area contributed by atoms with E-state index in [1.165, 1.54) is 0 Å². The van der Waals surface area contributed by atoms with Gasteiger partial charge in [-0.25, -0.2) is 0 Å². The first-order valence-corrected chi connectivity index (χ1v) is 6.26. The van der Waals surface area contributed by atoms with E-state index in [9.17, 15) is 4.79 Å². The summed E-state index contributed by atoms with van der Waals surface area (Å²) >= 11 is 0. The van der Waals surface area contributed by atoms with Gasteiger partial charge in [0, 0.05) is 6.42 Å². The quantitative estimate of drug-likeness (QED) is 0.890. The highest BCUT2D eigenvalue weighted by atomic mass is 16.5. The Morgan fingerprint density at radius 2 is 1.84 bits per heavy atom. The number of aryl methyl sites for hydroxylation is 1. The van der Waals surface area contributed by atoms with Crippen molar-refractivity contribution in [3.05, 3.63) is 23.3 Å². The summed E-state index contributed by atoms with van der Waals surface area (Å²) in [6, 6.07) is 3.95. The van der Waals surface area contributed by atoms with Crippen LogP contribution in [0.15, 0.2) is 12.1 Å². The average molecular weight is 266 g/mol. The third kappa shape index (κ3) is 3.88. The Morgan fingerprint density at radius 3 is 2.26 bits per heavy atom. The van der Waals surface area contributed by atoms with Gasteiger partial charge in [0.2, 0.25) is 0 Å². The van der Waals surface area contributed by atoms with Gasteiger partial charge >= 0.3 is 5.97 Å². The van der Waals surface area contributed by atoms with Crippen molar-refractivity contribution in [2.24, 2.45) is 0 Å². The molecule has 4 nitrogen and oxygen atoms in total. The molecule has 106 valence electrons. The van der Waals surface area contributed by atoms with E-state index < -0.39 is 5.97 Å². The normalized spacial score (nSPS) is 11.2. The van der Waals surface area contributed by atoms with Crippen LogP contribution in [0.1, 0.15) is 38.3 Å². The smallest absolute Gasteiger partial charge is 0.303 e. The highest BCUT2D eigenvalue weighted by Crippen LogP contribution is 2.37. The number of carbonyl (C=O) groups is 1. The second-order valence-corrected chi connectivity index (χ2v) is 5.51. The number of ether oxygens (including phenoxy) is 2. The zero-order valence-corrected chi connectivity index (χ0v) is 12.2. The van der Waals surface area contributed by atoms with Crippen LogP contribution in [0.5, 0.6) is 11.5 Å².